The van der Waals surface area contributed by atoms with Crippen LogP contribution in [0.1, 0.15) is 23.2 Å². The van der Waals surface area contributed by atoms with Crippen molar-refractivity contribution in [2.75, 3.05) is 12.8 Å². The minimum absolute atomic E-state index is 0.0546. The summed E-state index contributed by atoms with van der Waals surface area (Å²) in [6, 6.07) is 5.00. The third-order valence-corrected chi connectivity index (χ3v) is 2.95. The van der Waals surface area contributed by atoms with E-state index >= 15 is 0 Å². The van der Waals surface area contributed by atoms with Gasteiger partial charge in [-0.15, -0.1) is 0 Å². The van der Waals surface area contributed by atoms with Crippen molar-refractivity contribution in [3.05, 3.63) is 23.8 Å². The van der Waals surface area contributed by atoms with Gasteiger partial charge in [-0.05, 0) is 25.0 Å². The average Bonchev–Trinajstić information content (AvgIpc) is 2.26. The third-order valence-electron chi connectivity index (χ3n) is 2.95. The lowest BCUT2D eigenvalue weighted by atomic mass is 9.89. The molecule has 17 heavy (non-hydrogen) atoms. The van der Waals surface area contributed by atoms with Gasteiger partial charge in [0.25, 0.3) is 5.91 Å². The summed E-state index contributed by atoms with van der Waals surface area (Å²) >= 11 is 0. The second-order valence-electron chi connectivity index (χ2n) is 4.25. The zero-order chi connectivity index (χ0) is 12.4. The van der Waals surface area contributed by atoms with Crippen molar-refractivity contribution in [3.63, 3.8) is 0 Å². The molecule has 5 heteroatoms. The van der Waals surface area contributed by atoms with E-state index in [4.69, 9.17) is 15.6 Å². The topological polar surface area (TPSA) is 84.6 Å². The standard InChI is InChI=1S/C12H16N2O3/c1-17-9-2-3-10(11(13)6-9)12(16)14-7-4-8(15)5-7/h2-3,6-8,15H,4-5,13H2,1H3,(H,14,16). The number of anilines is 1. The molecule has 1 aromatic carbocycles. The molecule has 0 bridgehead atoms. The molecule has 0 unspecified atom stereocenters. The Morgan fingerprint density at radius 3 is 2.76 bits per heavy atom. The number of nitrogens with one attached hydrogen (secondary N) is 1. The van der Waals surface area contributed by atoms with Crippen LogP contribution in [-0.2, 0) is 0 Å². The molecule has 1 aliphatic carbocycles. The van der Waals surface area contributed by atoms with E-state index in [1.165, 1.54) is 0 Å². The summed E-state index contributed by atoms with van der Waals surface area (Å²) in [6.45, 7) is 0. The number of carbonyl (C=O) groups excluding carboxylic acids is 1. The van der Waals surface area contributed by atoms with Gasteiger partial charge in [0.15, 0.2) is 0 Å². The first kappa shape index (κ1) is 11.7. The number of aliphatic hydroxyl groups is 1. The van der Waals surface area contributed by atoms with Crippen LogP contribution in [0.3, 0.4) is 0 Å². The first-order chi connectivity index (χ1) is 8.10. The van der Waals surface area contributed by atoms with Gasteiger partial charge in [-0.2, -0.15) is 0 Å². The molecule has 2 rings (SSSR count). The van der Waals surface area contributed by atoms with Crippen LogP contribution in [0.25, 0.3) is 0 Å². The number of hydrogen-bond donors (Lipinski definition) is 3. The van der Waals surface area contributed by atoms with Gasteiger partial charge >= 0.3 is 0 Å². The zero-order valence-electron chi connectivity index (χ0n) is 9.64. The fraction of sp³-hybridized carbons (Fsp3) is 0.417. The summed E-state index contributed by atoms with van der Waals surface area (Å²) in [5.41, 5.74) is 6.60. The van der Waals surface area contributed by atoms with E-state index in [2.05, 4.69) is 5.32 Å². The van der Waals surface area contributed by atoms with Gasteiger partial charge in [0.2, 0.25) is 0 Å². The Morgan fingerprint density at radius 2 is 2.24 bits per heavy atom. The molecule has 1 aromatic rings. The Kier molecular flexibility index (Phi) is 3.19. The SMILES string of the molecule is COc1ccc(C(=O)NC2CC(O)C2)c(N)c1. The van der Waals surface area contributed by atoms with E-state index in [1.807, 2.05) is 0 Å². The van der Waals surface area contributed by atoms with Crippen molar-refractivity contribution in [1.29, 1.82) is 0 Å². The Morgan fingerprint density at radius 1 is 1.53 bits per heavy atom. The molecular weight excluding hydrogens is 220 g/mol. The molecule has 0 heterocycles. The fourth-order valence-electron chi connectivity index (χ4n) is 1.84. The quantitative estimate of drug-likeness (QED) is 0.668. The third kappa shape index (κ3) is 2.50. The van der Waals surface area contributed by atoms with Crippen LogP contribution in [0.5, 0.6) is 5.75 Å². The van der Waals surface area contributed by atoms with E-state index in [0.717, 1.165) is 0 Å². The number of carbonyl (C=O) groups is 1. The minimum Gasteiger partial charge on any atom is -0.497 e. The summed E-state index contributed by atoms with van der Waals surface area (Å²) < 4.78 is 5.01. The second kappa shape index (κ2) is 4.63. The molecule has 4 N–H and O–H groups in total. The maximum Gasteiger partial charge on any atom is 0.253 e. The largest absolute Gasteiger partial charge is 0.497 e. The minimum atomic E-state index is -0.284. The highest BCUT2D eigenvalue weighted by Crippen LogP contribution is 2.22. The number of rotatable bonds is 3. The van der Waals surface area contributed by atoms with Crippen molar-refractivity contribution < 1.29 is 14.6 Å². The van der Waals surface area contributed by atoms with Crippen LogP contribution in [0.4, 0.5) is 5.69 Å². The van der Waals surface area contributed by atoms with Crippen molar-refractivity contribution in [2.24, 2.45) is 0 Å². The molecule has 5 nitrogen and oxygen atoms in total. The molecule has 0 radical (unpaired) electrons. The summed E-state index contributed by atoms with van der Waals surface area (Å²) in [5, 5.41) is 12.0. The molecule has 0 spiro atoms. The second-order valence-corrected chi connectivity index (χ2v) is 4.25. The van der Waals surface area contributed by atoms with Crippen molar-refractivity contribution in [1.82, 2.24) is 5.32 Å². The highest BCUT2D eigenvalue weighted by atomic mass is 16.5. The van der Waals surface area contributed by atoms with Crippen molar-refractivity contribution >= 4 is 11.6 Å². The number of methoxy groups -OCH3 is 1. The molecular formula is C12H16N2O3. The lowest BCUT2D eigenvalue weighted by Gasteiger charge is -2.32. The van der Waals surface area contributed by atoms with Crippen LogP contribution in [0.15, 0.2) is 18.2 Å². The summed E-state index contributed by atoms with van der Waals surface area (Å²) in [6.07, 6.45) is 0.942. The number of ether oxygens (including phenoxy) is 1. The molecule has 92 valence electrons. The highest BCUT2D eigenvalue weighted by molar-refractivity contribution is 5.99. The predicted molar refractivity (Wildman–Crippen MR) is 63.9 cm³/mol. The summed E-state index contributed by atoms with van der Waals surface area (Å²) in [7, 11) is 1.55. The Balaban J connectivity index is 2.03. The van der Waals surface area contributed by atoms with Gasteiger partial charge in [-0.3, -0.25) is 4.79 Å². The number of amides is 1. The van der Waals surface area contributed by atoms with Crippen LogP contribution in [0.2, 0.25) is 0 Å². The van der Waals surface area contributed by atoms with E-state index in [-0.39, 0.29) is 18.1 Å². The molecule has 1 saturated carbocycles. The number of aliphatic hydroxyl groups excluding tert-OH is 1. The van der Waals surface area contributed by atoms with E-state index in [1.54, 1.807) is 25.3 Å². The number of benzene rings is 1. The molecule has 1 fully saturated rings. The number of hydrogen-bond acceptors (Lipinski definition) is 4. The molecule has 0 saturated heterocycles. The molecule has 0 aromatic heterocycles. The number of nitrogen functional groups attached to an aromatic ring is 1. The maximum absolute atomic E-state index is 11.9. The van der Waals surface area contributed by atoms with E-state index in [9.17, 15) is 4.79 Å². The summed E-state index contributed by atoms with van der Waals surface area (Å²) in [4.78, 5) is 11.9. The van der Waals surface area contributed by atoms with Crippen LogP contribution in [0, 0.1) is 0 Å². The maximum atomic E-state index is 11.9. The van der Waals surface area contributed by atoms with Gasteiger partial charge in [-0.25, -0.2) is 0 Å². The van der Waals surface area contributed by atoms with Crippen LogP contribution in [-0.4, -0.2) is 30.3 Å². The zero-order valence-corrected chi connectivity index (χ0v) is 9.64. The van der Waals surface area contributed by atoms with Gasteiger partial charge in [0.05, 0.1) is 18.8 Å². The monoisotopic (exact) mass is 236 g/mol. The summed E-state index contributed by atoms with van der Waals surface area (Å²) in [5.74, 6) is 0.417. The van der Waals surface area contributed by atoms with E-state index in [0.29, 0.717) is 29.8 Å². The molecule has 0 aliphatic heterocycles. The van der Waals surface area contributed by atoms with Gasteiger partial charge < -0.3 is 20.9 Å². The van der Waals surface area contributed by atoms with Crippen LogP contribution < -0.4 is 15.8 Å². The Hall–Kier alpha value is -1.75. The van der Waals surface area contributed by atoms with Crippen molar-refractivity contribution in [2.45, 2.75) is 25.0 Å². The lowest BCUT2D eigenvalue weighted by molar-refractivity contribution is 0.0563. The first-order valence-corrected chi connectivity index (χ1v) is 5.52. The van der Waals surface area contributed by atoms with E-state index < -0.39 is 0 Å². The predicted octanol–water partition coefficient (Wildman–Crippen LogP) is 0.530. The molecule has 1 amide bonds. The fourth-order valence-corrected chi connectivity index (χ4v) is 1.84. The number of nitrogens with two attached hydrogens (primary N) is 1. The smallest absolute Gasteiger partial charge is 0.253 e. The Bertz CT molecular complexity index is 428. The van der Waals surface area contributed by atoms with Crippen molar-refractivity contribution in [3.8, 4) is 5.75 Å². The Labute approximate surface area is 99.6 Å². The van der Waals surface area contributed by atoms with Gasteiger partial charge in [-0.1, -0.05) is 0 Å². The average molecular weight is 236 g/mol. The van der Waals surface area contributed by atoms with Gasteiger partial charge in [0.1, 0.15) is 5.75 Å². The normalized spacial score (nSPS) is 22.7. The lowest BCUT2D eigenvalue weighted by Crippen LogP contribution is -2.46. The van der Waals surface area contributed by atoms with Crippen LogP contribution >= 0.6 is 0 Å². The highest BCUT2D eigenvalue weighted by Gasteiger charge is 2.28. The molecule has 0 atom stereocenters. The first-order valence-electron chi connectivity index (χ1n) is 5.52. The molecule has 1 aliphatic rings. The van der Waals surface area contributed by atoms with Gasteiger partial charge in [0, 0.05) is 17.8 Å².